The van der Waals surface area contributed by atoms with Crippen molar-refractivity contribution >= 4 is 17.8 Å². The van der Waals surface area contributed by atoms with Gasteiger partial charge in [0.2, 0.25) is 5.75 Å². The molecule has 2 aromatic rings. The smallest absolute Gasteiger partial charge is 0.325 e. The van der Waals surface area contributed by atoms with Gasteiger partial charge in [0, 0.05) is 5.56 Å². The van der Waals surface area contributed by atoms with Gasteiger partial charge in [0.05, 0.1) is 27.4 Å². The topological polar surface area (TPSA) is 112 Å². The first-order chi connectivity index (χ1) is 15.8. The zero-order valence-corrected chi connectivity index (χ0v) is 19.5. The van der Waals surface area contributed by atoms with Crippen LogP contribution in [0.4, 0.5) is 0 Å². The van der Waals surface area contributed by atoms with E-state index in [4.69, 9.17) is 18.9 Å². The van der Waals surface area contributed by atoms with E-state index in [-0.39, 0.29) is 11.6 Å². The predicted octanol–water partition coefficient (Wildman–Crippen LogP) is 2.43. The van der Waals surface area contributed by atoms with Crippen molar-refractivity contribution in [3.8, 4) is 17.2 Å². The maximum absolute atomic E-state index is 12.4. The first kappa shape index (κ1) is 25.5. The molecule has 0 aliphatic heterocycles. The van der Waals surface area contributed by atoms with Crippen LogP contribution in [0, 0.1) is 0 Å². The molecule has 0 aromatic heterocycles. The van der Waals surface area contributed by atoms with E-state index in [0.29, 0.717) is 17.2 Å². The Morgan fingerprint density at radius 1 is 0.939 bits per heavy atom. The van der Waals surface area contributed by atoms with Crippen LogP contribution in [0.1, 0.15) is 41.4 Å². The molecule has 0 bridgehead atoms. The number of hydrogen-bond acceptors (Lipinski definition) is 7. The average molecular weight is 459 g/mol. The number of amides is 2. The second kappa shape index (κ2) is 12.3. The number of methoxy groups -OCH3 is 3. The molecule has 33 heavy (non-hydrogen) atoms. The van der Waals surface area contributed by atoms with Crippen LogP contribution in [0.25, 0.3) is 0 Å². The molecule has 0 spiro atoms. The van der Waals surface area contributed by atoms with E-state index in [1.165, 1.54) is 39.0 Å². The lowest BCUT2D eigenvalue weighted by molar-refractivity contribution is -0.147. The van der Waals surface area contributed by atoms with Crippen LogP contribution < -0.4 is 24.8 Å². The second-order valence-electron chi connectivity index (χ2n) is 7.14. The molecule has 2 amide bonds. The Hall–Kier alpha value is -3.75. The zero-order chi connectivity index (χ0) is 24.4. The highest BCUT2D eigenvalue weighted by atomic mass is 16.5. The number of nitrogens with one attached hydrogen (secondary N) is 2. The third-order valence-corrected chi connectivity index (χ3v) is 4.95. The number of ether oxygens (including phenoxy) is 4. The maximum atomic E-state index is 12.4. The van der Waals surface area contributed by atoms with Crippen molar-refractivity contribution < 1.29 is 33.3 Å². The fourth-order valence-corrected chi connectivity index (χ4v) is 3.07. The lowest BCUT2D eigenvalue weighted by Crippen LogP contribution is -2.34. The van der Waals surface area contributed by atoms with E-state index < -0.39 is 30.9 Å². The standard InChI is InChI=1S/C24H30N2O7/c1-6-16-7-9-17(10-8-16)15(2)26-21(27)14-33-22(28)13-25-24(29)18-11-19(30-3)23(32-5)20(12-18)31-4/h7-12,15H,6,13-14H2,1-5H3,(H,25,29)(H,26,27). The molecule has 0 aliphatic rings. The van der Waals surface area contributed by atoms with Gasteiger partial charge in [-0.1, -0.05) is 31.2 Å². The molecule has 9 nitrogen and oxygen atoms in total. The summed E-state index contributed by atoms with van der Waals surface area (Å²) in [6.45, 7) is 3.06. The fourth-order valence-electron chi connectivity index (χ4n) is 3.07. The minimum atomic E-state index is -0.745. The van der Waals surface area contributed by atoms with Crippen molar-refractivity contribution in [3.05, 3.63) is 53.1 Å². The van der Waals surface area contributed by atoms with E-state index in [9.17, 15) is 14.4 Å². The Kier molecular flexibility index (Phi) is 9.53. The highest BCUT2D eigenvalue weighted by Crippen LogP contribution is 2.38. The van der Waals surface area contributed by atoms with Gasteiger partial charge in [-0.25, -0.2) is 0 Å². The monoisotopic (exact) mass is 458 g/mol. The fraction of sp³-hybridized carbons (Fsp3) is 0.375. The zero-order valence-electron chi connectivity index (χ0n) is 19.5. The molecule has 2 aromatic carbocycles. The molecule has 0 radical (unpaired) electrons. The summed E-state index contributed by atoms with van der Waals surface area (Å²) in [5, 5.41) is 5.22. The van der Waals surface area contributed by atoms with Crippen molar-refractivity contribution in [2.75, 3.05) is 34.5 Å². The first-order valence-corrected chi connectivity index (χ1v) is 10.4. The van der Waals surface area contributed by atoms with Crippen molar-refractivity contribution in [1.29, 1.82) is 0 Å². The Labute approximate surface area is 193 Å². The SMILES string of the molecule is CCc1ccc(C(C)NC(=O)COC(=O)CNC(=O)c2cc(OC)c(OC)c(OC)c2)cc1. The minimum Gasteiger partial charge on any atom is -0.493 e. The lowest BCUT2D eigenvalue weighted by atomic mass is 10.1. The summed E-state index contributed by atoms with van der Waals surface area (Å²) in [4.78, 5) is 36.5. The molecule has 0 saturated heterocycles. The van der Waals surface area contributed by atoms with Crippen LogP contribution >= 0.6 is 0 Å². The Bertz CT molecular complexity index is 948. The Morgan fingerprint density at radius 3 is 2.06 bits per heavy atom. The van der Waals surface area contributed by atoms with Crippen LogP contribution in [-0.2, 0) is 20.7 Å². The van der Waals surface area contributed by atoms with Gasteiger partial charge in [-0.15, -0.1) is 0 Å². The van der Waals surface area contributed by atoms with Crippen LogP contribution in [0.15, 0.2) is 36.4 Å². The third kappa shape index (κ3) is 7.13. The highest BCUT2D eigenvalue weighted by Gasteiger charge is 2.18. The van der Waals surface area contributed by atoms with E-state index >= 15 is 0 Å². The van der Waals surface area contributed by atoms with E-state index in [1.54, 1.807) is 0 Å². The van der Waals surface area contributed by atoms with Crippen molar-refractivity contribution in [3.63, 3.8) is 0 Å². The number of esters is 1. The Morgan fingerprint density at radius 2 is 1.55 bits per heavy atom. The summed E-state index contributed by atoms with van der Waals surface area (Å²) in [6, 6.07) is 10.6. The van der Waals surface area contributed by atoms with Gasteiger partial charge in [-0.05, 0) is 36.6 Å². The van der Waals surface area contributed by atoms with Crippen LogP contribution in [0.2, 0.25) is 0 Å². The molecule has 0 heterocycles. The molecular weight excluding hydrogens is 428 g/mol. The molecule has 1 unspecified atom stereocenters. The summed E-state index contributed by atoms with van der Waals surface area (Å²) in [7, 11) is 4.32. The number of rotatable bonds is 11. The van der Waals surface area contributed by atoms with Gasteiger partial charge < -0.3 is 29.6 Å². The van der Waals surface area contributed by atoms with E-state index in [0.717, 1.165) is 12.0 Å². The molecular formula is C24H30N2O7. The van der Waals surface area contributed by atoms with Gasteiger partial charge in [0.25, 0.3) is 11.8 Å². The molecule has 0 aliphatic carbocycles. The van der Waals surface area contributed by atoms with Crippen molar-refractivity contribution in [1.82, 2.24) is 10.6 Å². The quantitative estimate of drug-likeness (QED) is 0.497. The number of hydrogen-bond donors (Lipinski definition) is 2. The number of carbonyl (C=O) groups is 3. The number of benzene rings is 2. The number of carbonyl (C=O) groups excluding carboxylic acids is 3. The van der Waals surface area contributed by atoms with Gasteiger partial charge in [0.15, 0.2) is 18.1 Å². The third-order valence-electron chi connectivity index (χ3n) is 4.95. The summed E-state index contributed by atoms with van der Waals surface area (Å²) in [5.74, 6) is -0.769. The van der Waals surface area contributed by atoms with Crippen molar-refractivity contribution in [2.45, 2.75) is 26.3 Å². The van der Waals surface area contributed by atoms with Gasteiger partial charge in [-0.3, -0.25) is 14.4 Å². The molecule has 0 saturated carbocycles. The van der Waals surface area contributed by atoms with Gasteiger partial charge >= 0.3 is 5.97 Å². The summed E-state index contributed by atoms with van der Waals surface area (Å²) >= 11 is 0. The summed E-state index contributed by atoms with van der Waals surface area (Å²) < 4.78 is 20.6. The molecule has 178 valence electrons. The number of aryl methyl sites for hydroxylation is 1. The van der Waals surface area contributed by atoms with E-state index in [2.05, 4.69) is 17.6 Å². The second-order valence-corrected chi connectivity index (χ2v) is 7.14. The molecule has 9 heteroatoms. The minimum absolute atomic E-state index is 0.206. The van der Waals surface area contributed by atoms with Gasteiger partial charge in [0.1, 0.15) is 6.54 Å². The molecule has 2 rings (SSSR count). The summed E-state index contributed by atoms with van der Waals surface area (Å²) in [6.07, 6.45) is 0.938. The van der Waals surface area contributed by atoms with Gasteiger partial charge in [-0.2, -0.15) is 0 Å². The normalized spacial score (nSPS) is 11.2. The average Bonchev–Trinajstić information content (AvgIpc) is 2.84. The van der Waals surface area contributed by atoms with Crippen LogP contribution in [-0.4, -0.2) is 52.3 Å². The molecule has 1 atom stereocenters. The predicted molar refractivity (Wildman–Crippen MR) is 122 cm³/mol. The maximum Gasteiger partial charge on any atom is 0.325 e. The van der Waals surface area contributed by atoms with Crippen LogP contribution in [0.3, 0.4) is 0 Å². The molecule has 0 fully saturated rings. The van der Waals surface area contributed by atoms with Crippen LogP contribution in [0.5, 0.6) is 17.2 Å². The summed E-state index contributed by atoms with van der Waals surface area (Å²) in [5.41, 5.74) is 2.36. The van der Waals surface area contributed by atoms with Crippen molar-refractivity contribution in [2.24, 2.45) is 0 Å². The highest BCUT2D eigenvalue weighted by molar-refractivity contribution is 5.97. The largest absolute Gasteiger partial charge is 0.493 e. The lowest BCUT2D eigenvalue weighted by Gasteiger charge is -2.15. The first-order valence-electron chi connectivity index (χ1n) is 10.4. The molecule has 2 N–H and O–H groups in total. The Balaban J connectivity index is 1.83. The van der Waals surface area contributed by atoms with E-state index in [1.807, 2.05) is 31.2 Å².